The smallest absolute Gasteiger partial charge is 0.115 e. The number of rotatable bonds is 3. The molecule has 1 aromatic rings. The van der Waals surface area contributed by atoms with Crippen LogP contribution >= 0.6 is 23.5 Å². The van der Waals surface area contributed by atoms with Gasteiger partial charge in [-0.3, -0.25) is 0 Å². The van der Waals surface area contributed by atoms with Crippen LogP contribution in [0.2, 0.25) is 0 Å². The first-order valence-electron chi connectivity index (χ1n) is 3.62. The molecule has 0 bridgehead atoms. The SMILES string of the molecule is CSC(SC)c1cccc(O)c1. The summed E-state index contributed by atoms with van der Waals surface area (Å²) in [6.07, 6.45) is 4.15. The summed E-state index contributed by atoms with van der Waals surface area (Å²) in [5.74, 6) is 0.348. The van der Waals surface area contributed by atoms with Gasteiger partial charge >= 0.3 is 0 Å². The largest absolute Gasteiger partial charge is 0.508 e. The maximum absolute atomic E-state index is 9.23. The topological polar surface area (TPSA) is 20.2 Å². The Balaban J connectivity index is 2.85. The van der Waals surface area contributed by atoms with E-state index in [4.69, 9.17) is 0 Å². The average Bonchev–Trinajstić information content (AvgIpc) is 2.07. The normalized spacial score (nSPS) is 10.6. The summed E-state index contributed by atoms with van der Waals surface area (Å²) in [4.78, 5) is 0. The van der Waals surface area contributed by atoms with Crippen LogP contribution in [-0.4, -0.2) is 17.6 Å². The molecule has 12 heavy (non-hydrogen) atoms. The van der Waals surface area contributed by atoms with E-state index in [-0.39, 0.29) is 0 Å². The van der Waals surface area contributed by atoms with Crippen LogP contribution < -0.4 is 0 Å². The van der Waals surface area contributed by atoms with Gasteiger partial charge in [0, 0.05) is 0 Å². The van der Waals surface area contributed by atoms with Crippen LogP contribution in [0.5, 0.6) is 5.75 Å². The Labute approximate surface area is 81.6 Å². The van der Waals surface area contributed by atoms with Crippen LogP contribution in [0.4, 0.5) is 0 Å². The molecule has 0 aliphatic carbocycles. The summed E-state index contributed by atoms with van der Waals surface area (Å²) in [6, 6.07) is 7.43. The zero-order valence-corrected chi connectivity index (χ0v) is 8.78. The van der Waals surface area contributed by atoms with Crippen molar-refractivity contribution in [2.45, 2.75) is 4.58 Å². The van der Waals surface area contributed by atoms with Crippen molar-refractivity contribution in [3.63, 3.8) is 0 Å². The molecule has 0 aromatic heterocycles. The third-order valence-electron chi connectivity index (χ3n) is 1.57. The molecular weight excluding hydrogens is 188 g/mol. The molecule has 0 aliphatic heterocycles. The van der Waals surface area contributed by atoms with Crippen molar-refractivity contribution in [3.05, 3.63) is 29.8 Å². The highest BCUT2D eigenvalue weighted by Crippen LogP contribution is 2.36. The molecule has 0 saturated heterocycles. The number of phenolic OH excluding ortho intramolecular Hbond substituents is 1. The molecular formula is C9H12OS2. The summed E-state index contributed by atoms with van der Waals surface area (Å²) < 4.78 is 0.428. The number of phenols is 1. The maximum Gasteiger partial charge on any atom is 0.115 e. The Kier molecular flexibility index (Phi) is 3.82. The number of aromatic hydroxyl groups is 1. The van der Waals surface area contributed by atoms with E-state index in [9.17, 15) is 5.11 Å². The summed E-state index contributed by atoms with van der Waals surface area (Å²) in [7, 11) is 0. The van der Waals surface area contributed by atoms with E-state index in [0.29, 0.717) is 10.3 Å². The van der Waals surface area contributed by atoms with Crippen molar-refractivity contribution in [2.75, 3.05) is 12.5 Å². The fourth-order valence-electron chi connectivity index (χ4n) is 1.04. The van der Waals surface area contributed by atoms with E-state index in [1.165, 1.54) is 5.56 Å². The van der Waals surface area contributed by atoms with Gasteiger partial charge < -0.3 is 5.11 Å². The number of hydrogen-bond donors (Lipinski definition) is 1. The Bertz CT molecular complexity index is 246. The lowest BCUT2D eigenvalue weighted by molar-refractivity contribution is 0.475. The third-order valence-corrected chi connectivity index (χ3v) is 4.13. The van der Waals surface area contributed by atoms with Gasteiger partial charge in [0.25, 0.3) is 0 Å². The number of hydrogen-bond acceptors (Lipinski definition) is 3. The molecule has 0 unspecified atom stereocenters. The van der Waals surface area contributed by atoms with E-state index in [2.05, 4.69) is 12.5 Å². The first-order valence-corrected chi connectivity index (χ1v) is 6.20. The fourth-order valence-corrected chi connectivity index (χ4v) is 2.65. The lowest BCUT2D eigenvalue weighted by Gasteiger charge is -2.11. The second-order valence-electron chi connectivity index (χ2n) is 2.40. The standard InChI is InChI=1S/C9H12OS2/c1-11-9(12-2)7-4-3-5-8(10)6-7/h3-6,9-10H,1-2H3. The van der Waals surface area contributed by atoms with Crippen LogP contribution in [0.25, 0.3) is 0 Å². The fraction of sp³-hybridized carbons (Fsp3) is 0.333. The van der Waals surface area contributed by atoms with E-state index in [1.54, 1.807) is 29.6 Å². The van der Waals surface area contributed by atoms with Crippen LogP contribution in [-0.2, 0) is 0 Å². The van der Waals surface area contributed by atoms with Gasteiger partial charge in [-0.1, -0.05) is 12.1 Å². The van der Waals surface area contributed by atoms with Gasteiger partial charge in [0.1, 0.15) is 5.75 Å². The minimum Gasteiger partial charge on any atom is -0.508 e. The molecule has 0 heterocycles. The summed E-state index contributed by atoms with van der Waals surface area (Å²) in [5, 5.41) is 9.23. The molecule has 0 fully saturated rings. The van der Waals surface area contributed by atoms with E-state index in [1.807, 2.05) is 18.2 Å². The van der Waals surface area contributed by atoms with Crippen molar-refractivity contribution in [1.29, 1.82) is 0 Å². The molecule has 0 atom stereocenters. The Morgan fingerprint density at radius 1 is 1.25 bits per heavy atom. The summed E-state index contributed by atoms with van der Waals surface area (Å²) in [6.45, 7) is 0. The number of benzene rings is 1. The first kappa shape index (κ1) is 9.81. The van der Waals surface area contributed by atoms with Crippen molar-refractivity contribution >= 4 is 23.5 Å². The molecule has 3 heteroatoms. The molecule has 1 rings (SSSR count). The Hall–Kier alpha value is -0.280. The van der Waals surface area contributed by atoms with E-state index < -0.39 is 0 Å². The van der Waals surface area contributed by atoms with Gasteiger partial charge in [-0.25, -0.2) is 0 Å². The molecule has 0 saturated carbocycles. The van der Waals surface area contributed by atoms with Gasteiger partial charge in [-0.2, -0.15) is 0 Å². The monoisotopic (exact) mass is 200 g/mol. The van der Waals surface area contributed by atoms with Gasteiger partial charge in [-0.05, 0) is 30.2 Å². The lowest BCUT2D eigenvalue weighted by atomic mass is 10.2. The summed E-state index contributed by atoms with van der Waals surface area (Å²) in [5.41, 5.74) is 1.18. The number of thioether (sulfide) groups is 2. The van der Waals surface area contributed by atoms with E-state index in [0.717, 1.165) is 0 Å². The molecule has 0 aliphatic rings. The average molecular weight is 200 g/mol. The molecule has 1 N–H and O–H groups in total. The van der Waals surface area contributed by atoms with Crippen LogP contribution in [0.15, 0.2) is 24.3 Å². The highest BCUT2D eigenvalue weighted by atomic mass is 32.2. The van der Waals surface area contributed by atoms with Gasteiger partial charge in [-0.15, -0.1) is 23.5 Å². The van der Waals surface area contributed by atoms with E-state index >= 15 is 0 Å². The molecule has 0 amide bonds. The maximum atomic E-state index is 9.23. The zero-order valence-electron chi connectivity index (χ0n) is 7.15. The second kappa shape index (κ2) is 4.67. The van der Waals surface area contributed by atoms with Crippen LogP contribution in [0.1, 0.15) is 10.1 Å². The summed E-state index contributed by atoms with van der Waals surface area (Å²) >= 11 is 3.57. The Morgan fingerprint density at radius 2 is 1.92 bits per heavy atom. The predicted octanol–water partition coefficient (Wildman–Crippen LogP) is 3.12. The molecule has 1 aromatic carbocycles. The predicted molar refractivity (Wildman–Crippen MR) is 57.9 cm³/mol. The quantitative estimate of drug-likeness (QED) is 0.757. The second-order valence-corrected chi connectivity index (χ2v) is 4.58. The molecule has 0 spiro atoms. The van der Waals surface area contributed by atoms with Gasteiger partial charge in [0.15, 0.2) is 0 Å². The molecule has 0 radical (unpaired) electrons. The minimum atomic E-state index is 0.348. The zero-order chi connectivity index (χ0) is 8.97. The molecule has 66 valence electrons. The lowest BCUT2D eigenvalue weighted by Crippen LogP contribution is -1.86. The van der Waals surface area contributed by atoms with Crippen LogP contribution in [0.3, 0.4) is 0 Å². The van der Waals surface area contributed by atoms with Gasteiger partial charge in [0.2, 0.25) is 0 Å². The van der Waals surface area contributed by atoms with Crippen molar-refractivity contribution in [1.82, 2.24) is 0 Å². The van der Waals surface area contributed by atoms with Gasteiger partial charge in [0.05, 0.1) is 4.58 Å². The Morgan fingerprint density at radius 3 is 2.42 bits per heavy atom. The van der Waals surface area contributed by atoms with Crippen LogP contribution in [0, 0.1) is 0 Å². The third kappa shape index (κ3) is 2.35. The molecule has 1 nitrogen and oxygen atoms in total. The van der Waals surface area contributed by atoms with Crippen molar-refractivity contribution < 1.29 is 5.11 Å². The van der Waals surface area contributed by atoms with Crippen molar-refractivity contribution in [3.8, 4) is 5.75 Å². The van der Waals surface area contributed by atoms with Crippen molar-refractivity contribution in [2.24, 2.45) is 0 Å². The highest BCUT2D eigenvalue weighted by molar-refractivity contribution is 8.15. The highest BCUT2D eigenvalue weighted by Gasteiger charge is 2.07. The minimum absolute atomic E-state index is 0.348. The first-order chi connectivity index (χ1) is 5.77.